The Morgan fingerprint density at radius 3 is 2.45 bits per heavy atom. The molecule has 1 rings (SSSR count). The van der Waals surface area contributed by atoms with Crippen LogP contribution in [0.25, 0.3) is 0 Å². The number of nitrogens with two attached hydrogens (primary N) is 1. The number of rotatable bonds is 8. The molecule has 0 aromatic heterocycles. The summed E-state index contributed by atoms with van der Waals surface area (Å²) in [6, 6.07) is 7.37. The second-order valence-corrected chi connectivity index (χ2v) is 8.12. The Morgan fingerprint density at radius 2 is 1.90 bits per heavy atom. The molecule has 0 unspecified atom stereocenters. The average molecular weight is 318 g/mol. The van der Waals surface area contributed by atoms with E-state index in [2.05, 4.69) is 4.72 Å². The highest BCUT2D eigenvalue weighted by molar-refractivity contribution is 8.00. The number of nitrogens with one attached hydrogen (secondary N) is 1. The van der Waals surface area contributed by atoms with Crippen molar-refractivity contribution in [2.75, 3.05) is 30.9 Å². The molecule has 0 atom stereocenters. The maximum atomic E-state index is 11.8. The summed E-state index contributed by atoms with van der Waals surface area (Å²) in [6.07, 6.45) is 0. The topological polar surface area (TPSA) is 81.4 Å². The number of ether oxygens (including phenoxy) is 1. The van der Waals surface area contributed by atoms with E-state index in [1.807, 2.05) is 26.0 Å². The number of benzene rings is 1. The lowest BCUT2D eigenvalue weighted by Crippen LogP contribution is -2.40. The lowest BCUT2D eigenvalue weighted by Gasteiger charge is -2.22. The second-order valence-electron chi connectivity index (χ2n) is 5.02. The van der Waals surface area contributed by atoms with E-state index in [0.717, 1.165) is 4.90 Å². The van der Waals surface area contributed by atoms with Crippen LogP contribution in [-0.4, -0.2) is 39.2 Å². The van der Waals surface area contributed by atoms with Crippen molar-refractivity contribution >= 4 is 27.5 Å². The van der Waals surface area contributed by atoms with Crippen LogP contribution in [-0.2, 0) is 14.8 Å². The van der Waals surface area contributed by atoms with Crippen LogP contribution in [0.2, 0.25) is 0 Å². The molecule has 20 heavy (non-hydrogen) atoms. The van der Waals surface area contributed by atoms with Gasteiger partial charge in [0, 0.05) is 30.0 Å². The standard InChI is InChI=1S/C13H22N2O3S2/c1-13(2,18-3)10-15-20(16,17)9-8-19-12-6-4-11(14)5-7-12/h4-7,15H,8-10,14H2,1-3H3. The zero-order valence-corrected chi connectivity index (χ0v) is 13.7. The Morgan fingerprint density at radius 1 is 1.30 bits per heavy atom. The maximum Gasteiger partial charge on any atom is 0.212 e. The quantitative estimate of drug-likeness (QED) is 0.563. The zero-order valence-electron chi connectivity index (χ0n) is 12.0. The van der Waals surface area contributed by atoms with Gasteiger partial charge in [-0.2, -0.15) is 0 Å². The Bertz CT molecular complexity index is 513. The summed E-state index contributed by atoms with van der Waals surface area (Å²) in [4.78, 5) is 1.01. The van der Waals surface area contributed by atoms with E-state index in [1.54, 1.807) is 19.2 Å². The van der Waals surface area contributed by atoms with Crippen LogP contribution < -0.4 is 10.5 Å². The van der Waals surface area contributed by atoms with E-state index in [-0.39, 0.29) is 12.3 Å². The van der Waals surface area contributed by atoms with E-state index in [4.69, 9.17) is 10.5 Å². The first-order chi connectivity index (χ1) is 9.24. The molecule has 0 bridgehead atoms. The Balaban J connectivity index is 2.38. The minimum absolute atomic E-state index is 0.0713. The molecular weight excluding hydrogens is 296 g/mol. The molecular formula is C13H22N2O3S2. The van der Waals surface area contributed by atoms with Gasteiger partial charge >= 0.3 is 0 Å². The van der Waals surface area contributed by atoms with Crippen LogP contribution in [0.5, 0.6) is 0 Å². The second kappa shape index (κ2) is 7.31. The van der Waals surface area contributed by atoms with Crippen molar-refractivity contribution in [3.05, 3.63) is 24.3 Å². The zero-order chi connectivity index (χ0) is 15.2. The molecule has 3 N–H and O–H groups in total. The van der Waals surface area contributed by atoms with Gasteiger partial charge in [0.05, 0.1) is 11.4 Å². The number of hydrogen-bond donors (Lipinski definition) is 2. The molecule has 0 amide bonds. The molecule has 0 aliphatic heterocycles. The van der Waals surface area contributed by atoms with E-state index in [9.17, 15) is 8.42 Å². The molecule has 1 aromatic carbocycles. The van der Waals surface area contributed by atoms with E-state index in [1.165, 1.54) is 11.8 Å². The number of nitrogen functional groups attached to an aromatic ring is 1. The minimum atomic E-state index is -3.28. The molecule has 0 fully saturated rings. The van der Waals surface area contributed by atoms with Crippen LogP contribution in [0.4, 0.5) is 5.69 Å². The third-order valence-corrected chi connectivity index (χ3v) is 5.37. The van der Waals surface area contributed by atoms with E-state index < -0.39 is 15.6 Å². The van der Waals surface area contributed by atoms with Gasteiger partial charge in [-0.05, 0) is 38.1 Å². The van der Waals surface area contributed by atoms with Gasteiger partial charge in [0.25, 0.3) is 0 Å². The maximum absolute atomic E-state index is 11.8. The van der Waals surface area contributed by atoms with Crippen molar-refractivity contribution in [3.63, 3.8) is 0 Å². The van der Waals surface area contributed by atoms with Gasteiger partial charge in [0.1, 0.15) is 0 Å². The predicted octanol–water partition coefficient (Wildman–Crippen LogP) is 1.71. The monoisotopic (exact) mass is 318 g/mol. The SMILES string of the molecule is COC(C)(C)CNS(=O)(=O)CCSc1ccc(N)cc1. The molecule has 0 saturated heterocycles. The Hall–Kier alpha value is -0.760. The summed E-state index contributed by atoms with van der Waals surface area (Å²) in [6.45, 7) is 3.93. The van der Waals surface area contributed by atoms with Gasteiger partial charge in [-0.15, -0.1) is 11.8 Å². The van der Waals surface area contributed by atoms with Gasteiger partial charge in [-0.1, -0.05) is 0 Å². The summed E-state index contributed by atoms with van der Waals surface area (Å²) >= 11 is 1.49. The highest BCUT2D eigenvalue weighted by atomic mass is 32.2. The highest BCUT2D eigenvalue weighted by Gasteiger charge is 2.20. The number of anilines is 1. The van der Waals surface area contributed by atoms with Crippen molar-refractivity contribution in [3.8, 4) is 0 Å². The van der Waals surface area contributed by atoms with Crippen LogP contribution in [0.1, 0.15) is 13.8 Å². The summed E-state index contributed by atoms with van der Waals surface area (Å²) in [5, 5.41) is 0. The third-order valence-electron chi connectivity index (χ3n) is 2.77. The van der Waals surface area contributed by atoms with Crippen molar-refractivity contribution in [2.24, 2.45) is 0 Å². The van der Waals surface area contributed by atoms with Gasteiger partial charge in [0.15, 0.2) is 0 Å². The Kier molecular flexibility index (Phi) is 6.32. The van der Waals surface area contributed by atoms with Crippen LogP contribution in [0.3, 0.4) is 0 Å². The lowest BCUT2D eigenvalue weighted by atomic mass is 10.1. The van der Waals surface area contributed by atoms with Crippen LogP contribution in [0, 0.1) is 0 Å². The number of sulfonamides is 1. The number of hydrogen-bond acceptors (Lipinski definition) is 5. The van der Waals surface area contributed by atoms with Crippen molar-refractivity contribution < 1.29 is 13.2 Å². The largest absolute Gasteiger partial charge is 0.399 e. The smallest absolute Gasteiger partial charge is 0.212 e. The molecule has 5 nitrogen and oxygen atoms in total. The van der Waals surface area contributed by atoms with Gasteiger partial charge < -0.3 is 10.5 Å². The molecule has 1 aromatic rings. The van der Waals surface area contributed by atoms with Gasteiger partial charge in [0.2, 0.25) is 10.0 Å². The fraction of sp³-hybridized carbons (Fsp3) is 0.538. The van der Waals surface area contributed by atoms with Gasteiger partial charge in [-0.3, -0.25) is 0 Å². The molecule has 0 aliphatic carbocycles. The van der Waals surface area contributed by atoms with E-state index in [0.29, 0.717) is 11.4 Å². The normalized spacial score (nSPS) is 12.6. The third kappa shape index (κ3) is 6.60. The number of thioether (sulfide) groups is 1. The molecule has 0 heterocycles. The molecule has 0 saturated carbocycles. The van der Waals surface area contributed by atoms with Crippen LogP contribution in [0.15, 0.2) is 29.2 Å². The molecule has 7 heteroatoms. The fourth-order valence-corrected chi connectivity index (χ4v) is 3.75. The molecule has 0 radical (unpaired) electrons. The van der Waals surface area contributed by atoms with Crippen molar-refractivity contribution in [1.29, 1.82) is 0 Å². The van der Waals surface area contributed by atoms with Crippen molar-refractivity contribution in [2.45, 2.75) is 24.3 Å². The highest BCUT2D eigenvalue weighted by Crippen LogP contribution is 2.19. The Labute approximate surface area is 125 Å². The van der Waals surface area contributed by atoms with Crippen molar-refractivity contribution in [1.82, 2.24) is 4.72 Å². The summed E-state index contributed by atoms with van der Waals surface area (Å²) in [7, 11) is -1.72. The van der Waals surface area contributed by atoms with Gasteiger partial charge in [-0.25, -0.2) is 13.1 Å². The summed E-state index contributed by atoms with van der Waals surface area (Å²) in [5.74, 6) is 0.564. The minimum Gasteiger partial charge on any atom is -0.399 e. The predicted molar refractivity (Wildman–Crippen MR) is 84.5 cm³/mol. The number of methoxy groups -OCH3 is 1. The average Bonchev–Trinajstić information content (AvgIpc) is 2.39. The van der Waals surface area contributed by atoms with Crippen LogP contribution >= 0.6 is 11.8 Å². The first kappa shape index (κ1) is 17.3. The molecule has 0 spiro atoms. The molecule has 0 aliphatic rings. The first-order valence-electron chi connectivity index (χ1n) is 6.25. The molecule has 114 valence electrons. The summed E-state index contributed by atoms with van der Waals surface area (Å²) < 4.78 is 31.4. The first-order valence-corrected chi connectivity index (χ1v) is 8.89. The van der Waals surface area contributed by atoms with E-state index >= 15 is 0 Å². The lowest BCUT2D eigenvalue weighted by molar-refractivity contribution is 0.0276. The summed E-state index contributed by atoms with van der Waals surface area (Å²) in [5.41, 5.74) is 5.79. The fourth-order valence-electron chi connectivity index (χ4n) is 1.26.